The van der Waals surface area contributed by atoms with E-state index in [9.17, 15) is 4.39 Å². The van der Waals surface area contributed by atoms with Crippen molar-refractivity contribution in [2.75, 3.05) is 5.73 Å². The molecule has 0 atom stereocenters. The molecule has 2 aromatic carbocycles. The van der Waals surface area contributed by atoms with Gasteiger partial charge in [-0.3, -0.25) is 0 Å². The minimum Gasteiger partial charge on any atom is -0.384 e. The zero-order valence-electron chi connectivity index (χ0n) is 12.0. The topological polar surface area (TPSA) is 43.8 Å². The van der Waals surface area contributed by atoms with E-state index in [2.05, 4.69) is 11.2 Å². The van der Waals surface area contributed by atoms with E-state index >= 15 is 0 Å². The van der Waals surface area contributed by atoms with Gasteiger partial charge in [-0.2, -0.15) is 5.10 Å². The van der Waals surface area contributed by atoms with E-state index in [0.717, 1.165) is 11.3 Å². The maximum atomic E-state index is 13.9. The normalized spacial score (nSPS) is 10.8. The Morgan fingerprint density at radius 3 is 2.52 bits per heavy atom. The highest BCUT2D eigenvalue weighted by atomic mass is 19.1. The van der Waals surface area contributed by atoms with E-state index in [0.29, 0.717) is 17.1 Å². The Morgan fingerprint density at radius 2 is 1.81 bits per heavy atom. The van der Waals surface area contributed by atoms with Gasteiger partial charge in [-0.25, -0.2) is 9.07 Å². The van der Waals surface area contributed by atoms with Crippen LogP contribution in [0.25, 0.3) is 16.9 Å². The summed E-state index contributed by atoms with van der Waals surface area (Å²) in [6, 6.07) is 14.3. The van der Waals surface area contributed by atoms with Crippen LogP contribution in [-0.4, -0.2) is 9.78 Å². The Balaban J connectivity index is 2.12. The SMILES string of the molecule is Cc1ccc(-n2nc(-c3ccccc3F)cc2N)c(C)c1. The van der Waals surface area contributed by atoms with Gasteiger partial charge < -0.3 is 5.73 Å². The van der Waals surface area contributed by atoms with E-state index in [1.54, 1.807) is 28.9 Å². The highest BCUT2D eigenvalue weighted by Crippen LogP contribution is 2.26. The Hall–Kier alpha value is -2.62. The largest absolute Gasteiger partial charge is 0.384 e. The number of aryl methyl sites for hydroxylation is 2. The summed E-state index contributed by atoms with van der Waals surface area (Å²) < 4.78 is 15.5. The van der Waals surface area contributed by atoms with Crippen LogP contribution in [0, 0.1) is 19.7 Å². The molecule has 0 aliphatic carbocycles. The first-order valence-electron chi connectivity index (χ1n) is 6.74. The number of anilines is 1. The summed E-state index contributed by atoms with van der Waals surface area (Å²) in [5.41, 5.74) is 10.2. The van der Waals surface area contributed by atoms with Gasteiger partial charge in [-0.1, -0.05) is 29.8 Å². The number of nitrogen functional groups attached to an aromatic ring is 1. The number of benzene rings is 2. The second-order valence-corrected chi connectivity index (χ2v) is 5.14. The highest BCUT2D eigenvalue weighted by Gasteiger charge is 2.13. The molecule has 0 aliphatic heterocycles. The van der Waals surface area contributed by atoms with Gasteiger partial charge in [0.15, 0.2) is 0 Å². The fourth-order valence-electron chi connectivity index (χ4n) is 2.43. The molecule has 0 aliphatic rings. The van der Waals surface area contributed by atoms with Crippen LogP contribution in [0.1, 0.15) is 11.1 Å². The van der Waals surface area contributed by atoms with Crippen molar-refractivity contribution in [3.63, 3.8) is 0 Å². The van der Waals surface area contributed by atoms with Gasteiger partial charge in [0.05, 0.1) is 11.4 Å². The van der Waals surface area contributed by atoms with Crippen molar-refractivity contribution in [2.24, 2.45) is 0 Å². The first-order chi connectivity index (χ1) is 10.1. The molecule has 3 rings (SSSR count). The van der Waals surface area contributed by atoms with Crippen molar-refractivity contribution in [3.05, 3.63) is 65.5 Å². The molecular formula is C17H16FN3. The molecule has 106 valence electrons. The number of aromatic nitrogens is 2. The minimum atomic E-state index is -0.303. The van der Waals surface area contributed by atoms with Crippen LogP contribution in [-0.2, 0) is 0 Å². The minimum absolute atomic E-state index is 0.303. The van der Waals surface area contributed by atoms with Crippen LogP contribution >= 0.6 is 0 Å². The average molecular weight is 281 g/mol. The smallest absolute Gasteiger partial charge is 0.132 e. The van der Waals surface area contributed by atoms with Crippen molar-refractivity contribution in [1.29, 1.82) is 0 Å². The molecule has 0 saturated heterocycles. The lowest BCUT2D eigenvalue weighted by Crippen LogP contribution is -2.03. The number of nitrogens with zero attached hydrogens (tertiary/aromatic N) is 2. The van der Waals surface area contributed by atoms with Crippen molar-refractivity contribution in [3.8, 4) is 16.9 Å². The molecular weight excluding hydrogens is 265 g/mol. The average Bonchev–Trinajstić information content (AvgIpc) is 2.81. The van der Waals surface area contributed by atoms with Gasteiger partial charge in [0.2, 0.25) is 0 Å². The third-order valence-electron chi connectivity index (χ3n) is 3.47. The fraction of sp³-hybridized carbons (Fsp3) is 0.118. The standard InChI is InChI=1S/C17H16FN3/c1-11-7-8-16(12(2)9-11)21-17(19)10-15(20-21)13-5-3-4-6-14(13)18/h3-10H,19H2,1-2H3. The monoisotopic (exact) mass is 281 g/mol. The van der Waals surface area contributed by atoms with Crippen LogP contribution in [0.4, 0.5) is 10.2 Å². The highest BCUT2D eigenvalue weighted by molar-refractivity contribution is 5.64. The van der Waals surface area contributed by atoms with Crippen LogP contribution in [0.5, 0.6) is 0 Å². The molecule has 0 unspecified atom stereocenters. The van der Waals surface area contributed by atoms with Crippen molar-refractivity contribution in [2.45, 2.75) is 13.8 Å². The van der Waals surface area contributed by atoms with Crippen LogP contribution < -0.4 is 5.73 Å². The molecule has 4 heteroatoms. The summed E-state index contributed by atoms with van der Waals surface area (Å²) in [6.07, 6.45) is 0. The second-order valence-electron chi connectivity index (χ2n) is 5.14. The van der Waals surface area contributed by atoms with Crippen molar-refractivity contribution in [1.82, 2.24) is 9.78 Å². The lowest BCUT2D eigenvalue weighted by molar-refractivity contribution is 0.630. The van der Waals surface area contributed by atoms with Crippen molar-refractivity contribution < 1.29 is 4.39 Å². The Bertz CT molecular complexity index is 806. The van der Waals surface area contributed by atoms with E-state index in [1.807, 2.05) is 26.0 Å². The molecule has 2 N–H and O–H groups in total. The van der Waals surface area contributed by atoms with Crippen LogP contribution in [0.15, 0.2) is 48.5 Å². The summed E-state index contributed by atoms with van der Waals surface area (Å²) in [6.45, 7) is 4.04. The Kier molecular flexibility index (Phi) is 3.22. The zero-order valence-corrected chi connectivity index (χ0v) is 12.0. The maximum absolute atomic E-state index is 13.9. The molecule has 21 heavy (non-hydrogen) atoms. The van der Waals surface area contributed by atoms with E-state index in [-0.39, 0.29) is 5.82 Å². The molecule has 0 saturated carbocycles. The van der Waals surface area contributed by atoms with Gasteiger partial charge >= 0.3 is 0 Å². The third kappa shape index (κ3) is 2.40. The van der Waals surface area contributed by atoms with Crippen LogP contribution in [0.3, 0.4) is 0 Å². The fourth-order valence-corrected chi connectivity index (χ4v) is 2.43. The Morgan fingerprint density at radius 1 is 1.05 bits per heavy atom. The van der Waals surface area contributed by atoms with E-state index < -0.39 is 0 Å². The number of halogens is 1. The maximum Gasteiger partial charge on any atom is 0.132 e. The summed E-state index contributed by atoms with van der Waals surface area (Å²) in [5, 5.41) is 4.45. The molecule has 1 aromatic heterocycles. The Labute approximate surface area is 122 Å². The van der Waals surface area contributed by atoms with Crippen molar-refractivity contribution >= 4 is 5.82 Å². The number of rotatable bonds is 2. The zero-order chi connectivity index (χ0) is 15.0. The number of hydrogen-bond donors (Lipinski definition) is 1. The van der Waals surface area contributed by atoms with Crippen LogP contribution in [0.2, 0.25) is 0 Å². The first kappa shape index (κ1) is 13.4. The summed E-state index contributed by atoms with van der Waals surface area (Å²) in [5.74, 6) is 0.183. The number of nitrogens with two attached hydrogens (primary N) is 1. The lowest BCUT2D eigenvalue weighted by Gasteiger charge is -2.08. The third-order valence-corrected chi connectivity index (χ3v) is 3.47. The molecule has 3 nitrogen and oxygen atoms in total. The first-order valence-corrected chi connectivity index (χ1v) is 6.74. The van der Waals surface area contributed by atoms with Gasteiger partial charge in [-0.05, 0) is 37.6 Å². The predicted octanol–water partition coefficient (Wildman–Crippen LogP) is 3.88. The summed E-state index contributed by atoms with van der Waals surface area (Å²) >= 11 is 0. The van der Waals surface area contributed by atoms with Gasteiger partial charge in [0.25, 0.3) is 0 Å². The molecule has 0 radical (unpaired) electrons. The summed E-state index contributed by atoms with van der Waals surface area (Å²) in [7, 11) is 0. The van der Waals surface area contributed by atoms with Gasteiger partial charge in [0, 0.05) is 11.6 Å². The van der Waals surface area contributed by atoms with Gasteiger partial charge in [-0.15, -0.1) is 0 Å². The molecule has 0 spiro atoms. The molecule has 1 heterocycles. The predicted molar refractivity (Wildman–Crippen MR) is 82.8 cm³/mol. The van der Waals surface area contributed by atoms with E-state index in [1.165, 1.54) is 11.6 Å². The van der Waals surface area contributed by atoms with Gasteiger partial charge in [0.1, 0.15) is 11.6 Å². The quantitative estimate of drug-likeness (QED) is 0.774. The lowest BCUT2D eigenvalue weighted by atomic mass is 10.1. The second kappa shape index (κ2) is 5.05. The molecule has 3 aromatic rings. The van der Waals surface area contributed by atoms with E-state index in [4.69, 9.17) is 5.73 Å². The summed E-state index contributed by atoms with van der Waals surface area (Å²) in [4.78, 5) is 0. The molecule has 0 bridgehead atoms. The molecule has 0 amide bonds. The number of hydrogen-bond acceptors (Lipinski definition) is 2. The molecule has 0 fully saturated rings.